The Morgan fingerprint density at radius 1 is 1.06 bits per heavy atom. The molecule has 0 saturated carbocycles. The SMILES string of the molecule is O=c1ccnc(-c2cnc3ccccc3c2)[nH]1. The Labute approximate surface area is 97.0 Å². The van der Waals surface area contributed by atoms with Crippen LogP contribution in [-0.2, 0) is 0 Å². The minimum absolute atomic E-state index is 0.164. The van der Waals surface area contributed by atoms with E-state index in [1.54, 1.807) is 6.20 Å². The fourth-order valence-corrected chi connectivity index (χ4v) is 1.72. The van der Waals surface area contributed by atoms with Crippen LogP contribution in [0.5, 0.6) is 0 Å². The lowest BCUT2D eigenvalue weighted by molar-refractivity contribution is 1.12. The Bertz CT molecular complexity index is 734. The molecule has 1 aromatic carbocycles. The van der Waals surface area contributed by atoms with Crippen molar-refractivity contribution in [3.8, 4) is 11.4 Å². The molecule has 0 amide bonds. The molecule has 1 N–H and O–H groups in total. The zero-order valence-electron chi connectivity index (χ0n) is 8.92. The van der Waals surface area contributed by atoms with E-state index in [0.29, 0.717) is 5.82 Å². The van der Waals surface area contributed by atoms with Crippen molar-refractivity contribution in [3.05, 3.63) is 59.1 Å². The second kappa shape index (κ2) is 3.83. The van der Waals surface area contributed by atoms with Gasteiger partial charge in [0.25, 0.3) is 5.56 Å². The predicted octanol–water partition coefficient (Wildman–Crippen LogP) is 1.99. The number of hydrogen-bond donors (Lipinski definition) is 1. The van der Waals surface area contributed by atoms with Crippen LogP contribution in [0.25, 0.3) is 22.3 Å². The number of hydrogen-bond acceptors (Lipinski definition) is 3. The monoisotopic (exact) mass is 223 g/mol. The van der Waals surface area contributed by atoms with Gasteiger partial charge >= 0.3 is 0 Å². The van der Waals surface area contributed by atoms with Crippen molar-refractivity contribution < 1.29 is 0 Å². The Hall–Kier alpha value is -2.49. The number of fused-ring (bicyclic) bond motifs is 1. The summed E-state index contributed by atoms with van der Waals surface area (Å²) >= 11 is 0. The first-order valence-corrected chi connectivity index (χ1v) is 5.23. The Morgan fingerprint density at radius 3 is 2.82 bits per heavy atom. The highest BCUT2D eigenvalue weighted by Gasteiger charge is 2.02. The maximum absolute atomic E-state index is 11.2. The van der Waals surface area contributed by atoms with Crippen molar-refractivity contribution in [2.75, 3.05) is 0 Å². The molecule has 0 atom stereocenters. The Balaban J connectivity index is 2.21. The Kier molecular flexibility index (Phi) is 2.19. The molecule has 0 saturated heterocycles. The third-order valence-electron chi connectivity index (χ3n) is 2.54. The smallest absolute Gasteiger partial charge is 0.251 e. The van der Waals surface area contributed by atoms with Crippen LogP contribution >= 0.6 is 0 Å². The molecule has 17 heavy (non-hydrogen) atoms. The topological polar surface area (TPSA) is 58.6 Å². The molecule has 0 bridgehead atoms. The van der Waals surface area contributed by atoms with Gasteiger partial charge in [-0.3, -0.25) is 9.78 Å². The lowest BCUT2D eigenvalue weighted by Gasteiger charge is -2.01. The van der Waals surface area contributed by atoms with E-state index in [1.807, 2.05) is 30.3 Å². The van der Waals surface area contributed by atoms with Crippen LogP contribution in [0.2, 0.25) is 0 Å². The largest absolute Gasteiger partial charge is 0.306 e. The standard InChI is InChI=1S/C13H9N3O/c17-12-5-6-14-13(16-12)10-7-9-3-1-2-4-11(9)15-8-10/h1-8H,(H,14,16,17). The molecule has 0 unspecified atom stereocenters. The van der Waals surface area contributed by atoms with Crippen molar-refractivity contribution in [2.45, 2.75) is 0 Å². The van der Waals surface area contributed by atoms with Crippen LogP contribution in [0.1, 0.15) is 0 Å². The second-order valence-electron chi connectivity index (χ2n) is 3.70. The summed E-state index contributed by atoms with van der Waals surface area (Å²) in [5, 5.41) is 1.02. The summed E-state index contributed by atoms with van der Waals surface area (Å²) in [6.45, 7) is 0. The summed E-state index contributed by atoms with van der Waals surface area (Å²) in [7, 11) is 0. The molecule has 0 aliphatic carbocycles. The van der Waals surface area contributed by atoms with Gasteiger partial charge < -0.3 is 4.98 Å². The predicted molar refractivity (Wildman–Crippen MR) is 65.6 cm³/mol. The first-order valence-electron chi connectivity index (χ1n) is 5.23. The number of para-hydroxylation sites is 1. The molecular formula is C13H9N3O. The molecule has 2 aromatic heterocycles. The lowest BCUT2D eigenvalue weighted by atomic mass is 10.1. The number of benzene rings is 1. The van der Waals surface area contributed by atoms with E-state index < -0.39 is 0 Å². The van der Waals surface area contributed by atoms with E-state index in [-0.39, 0.29) is 5.56 Å². The summed E-state index contributed by atoms with van der Waals surface area (Å²) in [6, 6.07) is 11.2. The van der Waals surface area contributed by atoms with Crippen molar-refractivity contribution in [1.29, 1.82) is 0 Å². The van der Waals surface area contributed by atoms with Crippen LogP contribution in [0.15, 0.2) is 53.6 Å². The van der Waals surface area contributed by atoms with Gasteiger partial charge in [-0.1, -0.05) is 18.2 Å². The quantitative estimate of drug-likeness (QED) is 0.686. The molecule has 4 heteroatoms. The van der Waals surface area contributed by atoms with Crippen molar-refractivity contribution in [3.63, 3.8) is 0 Å². The van der Waals surface area contributed by atoms with E-state index in [2.05, 4.69) is 15.0 Å². The van der Waals surface area contributed by atoms with Gasteiger partial charge in [-0.25, -0.2) is 4.98 Å². The highest BCUT2D eigenvalue weighted by Crippen LogP contribution is 2.18. The number of pyridine rings is 1. The molecule has 0 radical (unpaired) electrons. The van der Waals surface area contributed by atoms with Crippen molar-refractivity contribution >= 4 is 10.9 Å². The number of aromatic amines is 1. The first-order chi connectivity index (χ1) is 8.33. The van der Waals surface area contributed by atoms with Gasteiger partial charge in [0.2, 0.25) is 0 Å². The number of rotatable bonds is 1. The van der Waals surface area contributed by atoms with Crippen LogP contribution in [0.4, 0.5) is 0 Å². The number of aromatic nitrogens is 3. The van der Waals surface area contributed by atoms with E-state index in [0.717, 1.165) is 16.5 Å². The molecule has 0 fully saturated rings. The molecule has 0 aliphatic heterocycles. The number of H-pyrrole nitrogens is 1. The lowest BCUT2D eigenvalue weighted by Crippen LogP contribution is -2.05. The summed E-state index contributed by atoms with van der Waals surface area (Å²) in [6.07, 6.45) is 3.20. The minimum Gasteiger partial charge on any atom is -0.306 e. The Morgan fingerprint density at radius 2 is 1.94 bits per heavy atom. The molecule has 4 nitrogen and oxygen atoms in total. The average molecular weight is 223 g/mol. The van der Waals surface area contributed by atoms with Gasteiger partial charge in [-0.2, -0.15) is 0 Å². The maximum atomic E-state index is 11.2. The van der Waals surface area contributed by atoms with Gasteiger partial charge in [0.1, 0.15) is 5.82 Å². The average Bonchev–Trinajstić information content (AvgIpc) is 2.38. The third-order valence-corrected chi connectivity index (χ3v) is 2.54. The fourth-order valence-electron chi connectivity index (χ4n) is 1.72. The summed E-state index contributed by atoms with van der Waals surface area (Å²) in [5.74, 6) is 0.538. The van der Waals surface area contributed by atoms with Gasteiger partial charge in [0, 0.05) is 29.4 Å². The van der Waals surface area contributed by atoms with Gasteiger partial charge in [-0.05, 0) is 12.1 Å². The molecule has 3 rings (SSSR count). The second-order valence-corrected chi connectivity index (χ2v) is 3.70. The zero-order chi connectivity index (χ0) is 11.7. The highest BCUT2D eigenvalue weighted by molar-refractivity contribution is 5.82. The summed E-state index contributed by atoms with van der Waals surface area (Å²) in [5.41, 5.74) is 1.57. The van der Waals surface area contributed by atoms with Gasteiger partial charge in [0.05, 0.1) is 5.52 Å². The molecule has 82 valence electrons. The fraction of sp³-hybridized carbons (Fsp3) is 0. The maximum Gasteiger partial charge on any atom is 0.251 e. The van der Waals surface area contributed by atoms with E-state index >= 15 is 0 Å². The van der Waals surface area contributed by atoms with E-state index in [1.165, 1.54) is 12.3 Å². The first kappa shape index (κ1) is 9.72. The van der Waals surface area contributed by atoms with Crippen LogP contribution in [0.3, 0.4) is 0 Å². The number of nitrogens with zero attached hydrogens (tertiary/aromatic N) is 2. The van der Waals surface area contributed by atoms with Gasteiger partial charge in [0.15, 0.2) is 0 Å². The summed E-state index contributed by atoms with van der Waals surface area (Å²) < 4.78 is 0. The van der Waals surface area contributed by atoms with Crippen LogP contribution in [0, 0.1) is 0 Å². The number of nitrogens with one attached hydrogen (secondary N) is 1. The summed E-state index contributed by atoms with van der Waals surface area (Å²) in [4.78, 5) is 22.3. The molecule has 0 aliphatic rings. The highest BCUT2D eigenvalue weighted by atomic mass is 16.1. The minimum atomic E-state index is -0.164. The third kappa shape index (κ3) is 1.80. The van der Waals surface area contributed by atoms with Gasteiger partial charge in [-0.15, -0.1) is 0 Å². The van der Waals surface area contributed by atoms with E-state index in [4.69, 9.17) is 0 Å². The normalized spacial score (nSPS) is 10.6. The molecule has 3 aromatic rings. The van der Waals surface area contributed by atoms with Crippen LogP contribution in [-0.4, -0.2) is 15.0 Å². The van der Waals surface area contributed by atoms with Crippen molar-refractivity contribution in [2.24, 2.45) is 0 Å². The molecule has 2 heterocycles. The zero-order valence-corrected chi connectivity index (χ0v) is 8.92. The van der Waals surface area contributed by atoms with Crippen molar-refractivity contribution in [1.82, 2.24) is 15.0 Å². The van der Waals surface area contributed by atoms with Crippen LogP contribution < -0.4 is 5.56 Å². The molecule has 0 spiro atoms. The molecular weight excluding hydrogens is 214 g/mol. The van der Waals surface area contributed by atoms with E-state index in [9.17, 15) is 4.79 Å².